The number of carbonyl (C=O) groups is 1. The first-order valence-electron chi connectivity index (χ1n) is 7.27. The van der Waals surface area contributed by atoms with Gasteiger partial charge >= 0.3 is 6.09 Å². The molecule has 2 unspecified atom stereocenters. The molecule has 1 heterocycles. The molecule has 138 valence electrons. The Balaban J connectivity index is 2.50. The maximum absolute atomic E-state index is 14.0. The molecule has 0 saturated carbocycles. The number of aliphatic hydroxyl groups is 1. The van der Waals surface area contributed by atoms with Crippen LogP contribution in [0.1, 0.15) is 32.9 Å². The van der Waals surface area contributed by atoms with Gasteiger partial charge in [-0.15, -0.1) is 0 Å². The standard InChI is InChI=1S/C15H20BrFN4O4/c1-15(2,3)25-14(23)21-11(22)7-8(17)12(18)24-13(19)9-5-4-6-10(16)20-9/h4-6,8,11,18-19,22H,7H2,1-3H3,(H,21,23). The van der Waals surface area contributed by atoms with Gasteiger partial charge < -0.3 is 14.6 Å². The van der Waals surface area contributed by atoms with Crippen molar-refractivity contribution in [1.29, 1.82) is 10.8 Å². The van der Waals surface area contributed by atoms with Gasteiger partial charge in [-0.3, -0.25) is 16.1 Å². The van der Waals surface area contributed by atoms with Gasteiger partial charge in [-0.2, -0.15) is 0 Å². The van der Waals surface area contributed by atoms with E-state index in [0.717, 1.165) is 0 Å². The van der Waals surface area contributed by atoms with Gasteiger partial charge in [0, 0.05) is 6.42 Å². The molecule has 0 aliphatic heterocycles. The highest BCUT2D eigenvalue weighted by Crippen LogP contribution is 2.11. The fourth-order valence-electron chi connectivity index (χ4n) is 1.57. The minimum Gasteiger partial charge on any atom is -0.444 e. The Hall–Kier alpha value is -2.07. The molecule has 0 aliphatic rings. The van der Waals surface area contributed by atoms with Crippen LogP contribution >= 0.6 is 15.9 Å². The molecule has 0 spiro atoms. The van der Waals surface area contributed by atoms with Crippen molar-refractivity contribution in [2.75, 3.05) is 0 Å². The number of hydrogen-bond acceptors (Lipinski definition) is 7. The summed E-state index contributed by atoms with van der Waals surface area (Å²) in [5.41, 5.74) is -0.653. The second-order valence-corrected chi connectivity index (χ2v) is 6.82. The zero-order valence-electron chi connectivity index (χ0n) is 14.0. The van der Waals surface area contributed by atoms with Gasteiger partial charge in [0.05, 0.1) is 0 Å². The van der Waals surface area contributed by atoms with E-state index in [1.807, 2.05) is 5.32 Å². The first-order valence-corrected chi connectivity index (χ1v) is 8.06. The van der Waals surface area contributed by atoms with E-state index < -0.39 is 42.3 Å². The Morgan fingerprint density at radius 2 is 2.08 bits per heavy atom. The smallest absolute Gasteiger partial charge is 0.409 e. The molecule has 1 amide bonds. The first-order chi connectivity index (χ1) is 11.5. The van der Waals surface area contributed by atoms with Gasteiger partial charge in [0.15, 0.2) is 6.17 Å². The minimum atomic E-state index is -2.03. The van der Waals surface area contributed by atoms with Crippen molar-refractivity contribution in [3.8, 4) is 0 Å². The number of nitrogens with one attached hydrogen (secondary N) is 3. The van der Waals surface area contributed by atoms with Gasteiger partial charge in [0.25, 0.3) is 0 Å². The zero-order chi connectivity index (χ0) is 19.2. The SMILES string of the molecule is CC(C)(C)OC(=O)NC(O)CC(F)C(=N)OC(=N)c1cccc(Br)n1. The number of alkyl carbamates (subject to hydrolysis) is 1. The van der Waals surface area contributed by atoms with E-state index in [2.05, 4.69) is 20.9 Å². The van der Waals surface area contributed by atoms with Crippen molar-refractivity contribution in [2.45, 2.75) is 45.2 Å². The summed E-state index contributed by atoms with van der Waals surface area (Å²) in [5, 5.41) is 26.9. The zero-order valence-corrected chi connectivity index (χ0v) is 15.6. The summed E-state index contributed by atoms with van der Waals surface area (Å²) in [7, 11) is 0. The van der Waals surface area contributed by atoms with Crippen molar-refractivity contribution < 1.29 is 23.8 Å². The Morgan fingerprint density at radius 3 is 2.64 bits per heavy atom. The number of alkyl halides is 1. The van der Waals surface area contributed by atoms with Crippen molar-refractivity contribution in [3.05, 3.63) is 28.5 Å². The lowest BCUT2D eigenvalue weighted by Crippen LogP contribution is -2.41. The van der Waals surface area contributed by atoms with Crippen LogP contribution in [0.3, 0.4) is 0 Å². The summed E-state index contributed by atoms with van der Waals surface area (Å²) in [6.45, 7) is 4.92. The third kappa shape index (κ3) is 8.03. The molecular formula is C15H20BrFN4O4. The lowest BCUT2D eigenvalue weighted by molar-refractivity contribution is 0.0316. The van der Waals surface area contributed by atoms with E-state index in [1.165, 1.54) is 6.07 Å². The molecule has 4 N–H and O–H groups in total. The topological polar surface area (TPSA) is 128 Å². The van der Waals surface area contributed by atoms with Crippen LogP contribution in [0, 0.1) is 10.8 Å². The molecular weight excluding hydrogens is 399 g/mol. The van der Waals surface area contributed by atoms with Gasteiger partial charge in [-0.05, 0) is 48.8 Å². The normalized spacial score (nSPS) is 13.5. The van der Waals surface area contributed by atoms with Gasteiger partial charge in [-0.25, -0.2) is 14.2 Å². The summed E-state index contributed by atoms with van der Waals surface area (Å²) in [5.74, 6) is -1.39. The number of nitrogens with zero attached hydrogens (tertiary/aromatic N) is 1. The number of halogens is 2. The van der Waals surface area contributed by atoms with Crippen LogP contribution in [-0.4, -0.2) is 46.0 Å². The Morgan fingerprint density at radius 1 is 1.44 bits per heavy atom. The van der Waals surface area contributed by atoms with Crippen molar-refractivity contribution in [1.82, 2.24) is 10.3 Å². The molecule has 2 atom stereocenters. The number of hydrogen-bond donors (Lipinski definition) is 4. The second kappa shape index (κ2) is 8.86. The Labute approximate surface area is 152 Å². The van der Waals surface area contributed by atoms with Gasteiger partial charge in [0.1, 0.15) is 22.1 Å². The number of carbonyl (C=O) groups excluding carboxylic acids is 1. The molecule has 1 aromatic rings. The van der Waals surface area contributed by atoms with Gasteiger partial charge in [0.2, 0.25) is 11.8 Å². The number of rotatable bonds is 5. The van der Waals surface area contributed by atoms with Crippen LogP contribution in [-0.2, 0) is 9.47 Å². The van der Waals surface area contributed by atoms with Gasteiger partial charge in [-0.1, -0.05) is 6.07 Å². The number of aromatic nitrogens is 1. The monoisotopic (exact) mass is 418 g/mol. The second-order valence-electron chi connectivity index (χ2n) is 6.01. The van der Waals surface area contributed by atoms with Crippen LogP contribution in [0.15, 0.2) is 22.8 Å². The number of pyridine rings is 1. The predicted molar refractivity (Wildman–Crippen MR) is 92.5 cm³/mol. The highest BCUT2D eigenvalue weighted by molar-refractivity contribution is 9.10. The Bertz CT molecular complexity index is 651. The molecule has 0 aliphatic carbocycles. The molecule has 8 nitrogen and oxygen atoms in total. The number of ether oxygens (including phenoxy) is 2. The lowest BCUT2D eigenvalue weighted by Gasteiger charge is -2.22. The molecule has 10 heteroatoms. The molecule has 0 fully saturated rings. The van der Waals surface area contributed by atoms with E-state index in [9.17, 15) is 14.3 Å². The van der Waals surface area contributed by atoms with Crippen LogP contribution < -0.4 is 5.32 Å². The quantitative estimate of drug-likeness (QED) is 0.253. The van der Waals surface area contributed by atoms with Crippen LogP contribution in [0.4, 0.5) is 9.18 Å². The predicted octanol–water partition coefficient (Wildman–Crippen LogP) is 2.73. The van der Waals surface area contributed by atoms with Crippen molar-refractivity contribution in [2.24, 2.45) is 0 Å². The summed E-state index contributed by atoms with van der Waals surface area (Å²) < 4.78 is 24.1. The van der Waals surface area contributed by atoms with Crippen LogP contribution in [0.2, 0.25) is 0 Å². The molecule has 0 radical (unpaired) electrons. The minimum absolute atomic E-state index is 0.110. The van der Waals surface area contributed by atoms with Crippen molar-refractivity contribution in [3.63, 3.8) is 0 Å². The van der Waals surface area contributed by atoms with Crippen LogP contribution in [0.5, 0.6) is 0 Å². The van der Waals surface area contributed by atoms with E-state index in [-0.39, 0.29) is 5.69 Å². The van der Waals surface area contributed by atoms with E-state index >= 15 is 0 Å². The number of amides is 1. The highest BCUT2D eigenvalue weighted by atomic mass is 79.9. The molecule has 1 aromatic heterocycles. The number of aliphatic hydroxyl groups excluding tert-OH is 1. The third-order valence-electron chi connectivity index (χ3n) is 2.56. The summed E-state index contributed by atoms with van der Waals surface area (Å²) in [6.07, 6.45) is -5.15. The highest BCUT2D eigenvalue weighted by Gasteiger charge is 2.24. The molecule has 0 aromatic carbocycles. The fourth-order valence-corrected chi connectivity index (χ4v) is 1.91. The third-order valence-corrected chi connectivity index (χ3v) is 3.00. The Kier molecular flexibility index (Phi) is 7.43. The molecule has 0 saturated heterocycles. The largest absolute Gasteiger partial charge is 0.444 e. The average Bonchev–Trinajstić information content (AvgIpc) is 2.44. The molecule has 0 bridgehead atoms. The van der Waals surface area contributed by atoms with Crippen LogP contribution in [0.25, 0.3) is 0 Å². The maximum atomic E-state index is 14.0. The molecule has 1 rings (SSSR count). The first kappa shape index (κ1) is 21.0. The fraction of sp³-hybridized carbons (Fsp3) is 0.467. The lowest BCUT2D eigenvalue weighted by atomic mass is 10.2. The van der Waals surface area contributed by atoms with Crippen molar-refractivity contribution >= 4 is 33.8 Å². The molecule has 25 heavy (non-hydrogen) atoms. The van der Waals surface area contributed by atoms with E-state index in [1.54, 1.807) is 32.9 Å². The summed E-state index contributed by atoms with van der Waals surface area (Å²) >= 11 is 3.13. The summed E-state index contributed by atoms with van der Waals surface area (Å²) in [4.78, 5) is 15.4. The maximum Gasteiger partial charge on any atom is 0.409 e. The van der Waals surface area contributed by atoms with E-state index in [0.29, 0.717) is 4.60 Å². The van der Waals surface area contributed by atoms with E-state index in [4.69, 9.17) is 20.3 Å². The average molecular weight is 419 g/mol. The summed E-state index contributed by atoms with van der Waals surface area (Å²) in [6, 6.07) is 4.71.